The normalized spacial score (nSPS) is 14.8. The molecule has 0 spiro atoms. The zero-order chi connectivity index (χ0) is 25.7. The lowest BCUT2D eigenvalue weighted by Gasteiger charge is -2.27. The van der Waals surface area contributed by atoms with Gasteiger partial charge in [0.25, 0.3) is 0 Å². The maximum Gasteiger partial charge on any atom is 0.326 e. The molecule has 4 atom stereocenters. The molecule has 0 heterocycles. The summed E-state index contributed by atoms with van der Waals surface area (Å²) in [6, 6.07) is -4.47. The second-order valence-corrected chi connectivity index (χ2v) is 8.88. The molecule has 0 radical (unpaired) electrons. The Balaban J connectivity index is 5.36. The summed E-state index contributed by atoms with van der Waals surface area (Å²) >= 11 is 0. The van der Waals surface area contributed by atoms with Crippen LogP contribution in [-0.2, 0) is 24.0 Å². The van der Waals surface area contributed by atoms with Gasteiger partial charge in [0.15, 0.2) is 0 Å². The highest BCUT2D eigenvalue weighted by molar-refractivity contribution is 5.96. The number of primary amides is 1. The minimum Gasteiger partial charge on any atom is -0.480 e. The van der Waals surface area contributed by atoms with E-state index in [0.29, 0.717) is 25.8 Å². The number of nitrogens with two attached hydrogens (primary N) is 3. The van der Waals surface area contributed by atoms with Crippen molar-refractivity contribution in [1.29, 1.82) is 0 Å². The molecule has 0 rings (SSSR count). The standard InChI is InChI=1S/C21H40N6O6/c1-11(2)9-15(21(32)33)26-20(31)17(12(3)4)27-19(30)14(10-16(24)28)25-18(29)13(23)7-5-6-8-22/h11-15,17H,5-10,22-23H2,1-4H3,(H2,24,28)(H,25,29)(H,26,31)(H,27,30)(H,32,33). The van der Waals surface area contributed by atoms with E-state index >= 15 is 0 Å². The molecule has 0 fully saturated rings. The van der Waals surface area contributed by atoms with Gasteiger partial charge in [-0.05, 0) is 37.6 Å². The zero-order valence-corrected chi connectivity index (χ0v) is 19.9. The molecule has 12 nitrogen and oxygen atoms in total. The first kappa shape index (κ1) is 30.3. The number of nitrogens with one attached hydrogen (secondary N) is 3. The van der Waals surface area contributed by atoms with Crippen LogP contribution in [0.1, 0.15) is 59.8 Å². The first-order valence-corrected chi connectivity index (χ1v) is 11.2. The van der Waals surface area contributed by atoms with Crippen molar-refractivity contribution in [2.75, 3.05) is 6.54 Å². The second-order valence-electron chi connectivity index (χ2n) is 8.88. The lowest BCUT2D eigenvalue weighted by molar-refractivity contribution is -0.143. The maximum absolute atomic E-state index is 12.8. The Morgan fingerprint density at radius 1 is 0.848 bits per heavy atom. The lowest BCUT2D eigenvalue weighted by Crippen LogP contribution is -2.59. The van der Waals surface area contributed by atoms with Gasteiger partial charge in [-0.2, -0.15) is 0 Å². The summed E-state index contributed by atoms with van der Waals surface area (Å²) in [5.41, 5.74) is 16.5. The molecule has 0 saturated heterocycles. The van der Waals surface area contributed by atoms with Crippen molar-refractivity contribution in [3.05, 3.63) is 0 Å². The highest BCUT2D eigenvalue weighted by Crippen LogP contribution is 2.09. The molecular formula is C21H40N6O6. The predicted molar refractivity (Wildman–Crippen MR) is 122 cm³/mol. The Hall–Kier alpha value is -2.73. The van der Waals surface area contributed by atoms with E-state index < -0.39 is 66.1 Å². The fourth-order valence-electron chi connectivity index (χ4n) is 3.07. The van der Waals surface area contributed by atoms with Gasteiger partial charge in [0.05, 0.1) is 12.5 Å². The van der Waals surface area contributed by atoms with Crippen molar-refractivity contribution >= 4 is 29.6 Å². The molecule has 0 aliphatic heterocycles. The minimum absolute atomic E-state index is 0.0164. The van der Waals surface area contributed by atoms with E-state index in [4.69, 9.17) is 17.2 Å². The van der Waals surface area contributed by atoms with Gasteiger partial charge in [-0.3, -0.25) is 19.2 Å². The summed E-state index contributed by atoms with van der Waals surface area (Å²) in [6.07, 6.45) is 1.37. The first-order chi connectivity index (χ1) is 15.3. The Morgan fingerprint density at radius 3 is 1.88 bits per heavy atom. The maximum atomic E-state index is 12.8. The molecule has 33 heavy (non-hydrogen) atoms. The number of carbonyl (C=O) groups excluding carboxylic acids is 4. The average Bonchev–Trinajstić information content (AvgIpc) is 2.69. The molecule has 12 heteroatoms. The zero-order valence-electron chi connectivity index (χ0n) is 19.9. The van der Waals surface area contributed by atoms with Gasteiger partial charge in [-0.1, -0.05) is 34.1 Å². The van der Waals surface area contributed by atoms with Gasteiger partial charge in [0.1, 0.15) is 18.1 Å². The van der Waals surface area contributed by atoms with Gasteiger partial charge in [0, 0.05) is 0 Å². The quantitative estimate of drug-likeness (QED) is 0.131. The molecule has 0 bridgehead atoms. The third kappa shape index (κ3) is 12.2. The summed E-state index contributed by atoms with van der Waals surface area (Å²) in [6.45, 7) is 7.43. The largest absolute Gasteiger partial charge is 0.480 e. The number of amides is 4. The monoisotopic (exact) mass is 472 g/mol. The first-order valence-electron chi connectivity index (χ1n) is 11.2. The third-order valence-electron chi connectivity index (χ3n) is 4.91. The molecule has 0 aromatic rings. The number of carboxylic acids is 1. The summed E-state index contributed by atoms with van der Waals surface area (Å²) in [5.74, 6) is -4.54. The molecule has 0 aliphatic rings. The molecule has 0 saturated carbocycles. The van der Waals surface area contributed by atoms with Crippen molar-refractivity contribution < 1.29 is 29.1 Å². The smallest absolute Gasteiger partial charge is 0.326 e. The van der Waals surface area contributed by atoms with E-state index in [0.717, 1.165) is 0 Å². The Kier molecular flexibility index (Phi) is 13.9. The van der Waals surface area contributed by atoms with Gasteiger partial charge in [0.2, 0.25) is 23.6 Å². The predicted octanol–water partition coefficient (Wildman–Crippen LogP) is -1.44. The topological polar surface area (TPSA) is 220 Å². The highest BCUT2D eigenvalue weighted by atomic mass is 16.4. The lowest BCUT2D eigenvalue weighted by atomic mass is 9.99. The Labute approximate surface area is 194 Å². The van der Waals surface area contributed by atoms with Crippen molar-refractivity contribution in [3.8, 4) is 0 Å². The van der Waals surface area contributed by atoms with E-state index in [9.17, 15) is 29.1 Å². The van der Waals surface area contributed by atoms with Gasteiger partial charge < -0.3 is 38.3 Å². The molecular weight excluding hydrogens is 432 g/mol. The summed E-state index contributed by atoms with van der Waals surface area (Å²) in [4.78, 5) is 60.9. The van der Waals surface area contributed by atoms with Crippen LogP contribution in [0.3, 0.4) is 0 Å². The van der Waals surface area contributed by atoms with E-state index in [1.807, 2.05) is 13.8 Å². The SMILES string of the molecule is CC(C)CC(NC(=O)C(NC(=O)C(CC(N)=O)NC(=O)C(N)CCCCN)C(C)C)C(=O)O. The van der Waals surface area contributed by atoms with Crippen LogP contribution >= 0.6 is 0 Å². The second kappa shape index (κ2) is 15.2. The Morgan fingerprint density at radius 2 is 1.42 bits per heavy atom. The highest BCUT2D eigenvalue weighted by Gasteiger charge is 2.32. The van der Waals surface area contributed by atoms with E-state index in [1.54, 1.807) is 13.8 Å². The van der Waals surface area contributed by atoms with Crippen LogP contribution < -0.4 is 33.2 Å². The van der Waals surface area contributed by atoms with Crippen LogP contribution in [0, 0.1) is 11.8 Å². The molecule has 4 unspecified atom stereocenters. The van der Waals surface area contributed by atoms with Crippen molar-refractivity contribution in [3.63, 3.8) is 0 Å². The fourth-order valence-corrected chi connectivity index (χ4v) is 3.07. The third-order valence-corrected chi connectivity index (χ3v) is 4.91. The Bertz CT molecular complexity index is 684. The van der Waals surface area contributed by atoms with Crippen LogP contribution in [0.25, 0.3) is 0 Å². The van der Waals surface area contributed by atoms with Crippen LogP contribution in [0.15, 0.2) is 0 Å². The molecule has 0 aromatic carbocycles. The minimum atomic E-state index is -1.34. The summed E-state index contributed by atoms with van der Waals surface area (Å²) in [5, 5.41) is 16.7. The van der Waals surface area contributed by atoms with Gasteiger partial charge >= 0.3 is 5.97 Å². The molecule has 0 aromatic heterocycles. The number of hydrogen-bond donors (Lipinski definition) is 7. The van der Waals surface area contributed by atoms with E-state index in [1.165, 1.54) is 0 Å². The number of carbonyl (C=O) groups is 5. The van der Waals surface area contributed by atoms with Crippen molar-refractivity contribution in [1.82, 2.24) is 16.0 Å². The summed E-state index contributed by atoms with van der Waals surface area (Å²) < 4.78 is 0. The van der Waals surface area contributed by atoms with Crippen LogP contribution in [0.5, 0.6) is 0 Å². The van der Waals surface area contributed by atoms with Crippen LogP contribution in [0.4, 0.5) is 0 Å². The van der Waals surface area contributed by atoms with E-state index in [-0.39, 0.29) is 12.3 Å². The number of hydrogen-bond acceptors (Lipinski definition) is 7. The number of rotatable bonds is 16. The molecule has 10 N–H and O–H groups in total. The van der Waals surface area contributed by atoms with Crippen LogP contribution in [-0.4, -0.2) is 65.4 Å². The van der Waals surface area contributed by atoms with E-state index in [2.05, 4.69) is 16.0 Å². The van der Waals surface area contributed by atoms with Gasteiger partial charge in [-0.15, -0.1) is 0 Å². The molecule has 190 valence electrons. The van der Waals surface area contributed by atoms with Gasteiger partial charge in [-0.25, -0.2) is 4.79 Å². The number of carboxylic acid groups (broad SMARTS) is 1. The average molecular weight is 473 g/mol. The van der Waals surface area contributed by atoms with Crippen molar-refractivity contribution in [2.24, 2.45) is 29.0 Å². The fraction of sp³-hybridized carbons (Fsp3) is 0.762. The molecule has 4 amide bonds. The number of unbranched alkanes of at least 4 members (excludes halogenated alkanes) is 1. The number of aliphatic carboxylic acids is 1. The van der Waals surface area contributed by atoms with Crippen LogP contribution in [0.2, 0.25) is 0 Å². The molecule has 0 aliphatic carbocycles. The van der Waals surface area contributed by atoms with Crippen molar-refractivity contribution in [2.45, 2.75) is 84.0 Å². The summed E-state index contributed by atoms with van der Waals surface area (Å²) in [7, 11) is 0.